The average molecular weight is 417 g/mol. The third-order valence-corrected chi connectivity index (χ3v) is 4.59. The molecule has 0 unspecified atom stereocenters. The van der Waals surface area contributed by atoms with Gasteiger partial charge in [-0.05, 0) is 29.8 Å². The summed E-state index contributed by atoms with van der Waals surface area (Å²) in [7, 11) is 1.29. The molecule has 0 aliphatic rings. The average Bonchev–Trinajstić information content (AvgIpc) is 2.79. The first-order valence-electron chi connectivity index (χ1n) is 9.49. The summed E-state index contributed by atoms with van der Waals surface area (Å²) in [6.45, 7) is 0.258. The van der Waals surface area contributed by atoms with E-state index >= 15 is 0 Å². The van der Waals surface area contributed by atoms with Crippen LogP contribution in [0.2, 0.25) is 0 Å². The van der Waals surface area contributed by atoms with Gasteiger partial charge in [-0.2, -0.15) is 0 Å². The fourth-order valence-electron chi connectivity index (χ4n) is 2.97. The summed E-state index contributed by atoms with van der Waals surface area (Å²) in [5, 5.41) is 0. The highest BCUT2D eigenvalue weighted by Gasteiger charge is 2.14. The van der Waals surface area contributed by atoms with Crippen LogP contribution in [0, 0.1) is 0 Å². The van der Waals surface area contributed by atoms with E-state index < -0.39 is 17.1 Å². The maximum absolute atomic E-state index is 12.5. The number of hydrogen-bond acceptors (Lipinski definition) is 5. The first-order chi connectivity index (χ1) is 15.0. The van der Waals surface area contributed by atoms with Crippen molar-refractivity contribution in [2.45, 2.75) is 6.61 Å². The third kappa shape index (κ3) is 4.32. The van der Waals surface area contributed by atoms with Crippen molar-refractivity contribution in [3.63, 3.8) is 0 Å². The predicted octanol–water partition coefficient (Wildman–Crippen LogP) is 2.60. The van der Waals surface area contributed by atoms with Crippen LogP contribution in [0.1, 0.15) is 5.56 Å². The van der Waals surface area contributed by atoms with Crippen LogP contribution in [-0.2, 0) is 13.7 Å². The van der Waals surface area contributed by atoms with Crippen molar-refractivity contribution in [2.24, 2.45) is 7.05 Å². The van der Waals surface area contributed by atoms with Gasteiger partial charge in [0.25, 0.3) is 0 Å². The summed E-state index contributed by atoms with van der Waals surface area (Å²) in [5.41, 5.74) is -1.20. The van der Waals surface area contributed by atoms with Crippen molar-refractivity contribution in [1.82, 2.24) is 14.1 Å². The molecule has 0 aliphatic heterocycles. The van der Waals surface area contributed by atoms with Crippen LogP contribution in [0.25, 0.3) is 5.69 Å². The van der Waals surface area contributed by atoms with Crippen molar-refractivity contribution in [3.8, 4) is 22.9 Å². The van der Waals surface area contributed by atoms with E-state index in [1.807, 2.05) is 48.5 Å². The van der Waals surface area contributed by atoms with Crippen LogP contribution in [0.3, 0.4) is 0 Å². The molecule has 156 valence electrons. The second-order valence-corrected chi connectivity index (χ2v) is 6.73. The van der Waals surface area contributed by atoms with E-state index in [9.17, 15) is 14.4 Å². The second-order valence-electron chi connectivity index (χ2n) is 6.73. The van der Waals surface area contributed by atoms with Crippen LogP contribution in [-0.4, -0.2) is 14.1 Å². The minimum atomic E-state index is -0.834. The zero-order chi connectivity index (χ0) is 21.8. The standard InChI is InChI=1S/C23H19N3O5/c1-25-21(27)24-22(28)26(23(25)29)17-12-13-19(31-18-10-6-3-7-11-18)20(14-17)30-15-16-8-4-2-5-9-16/h2-14H,15H2,1H3,(H,24,27,28). The Balaban J connectivity index is 1.77. The third-order valence-electron chi connectivity index (χ3n) is 4.59. The summed E-state index contributed by atoms with van der Waals surface area (Å²) in [4.78, 5) is 38.6. The molecule has 0 bridgehead atoms. The van der Waals surface area contributed by atoms with Crippen LogP contribution < -0.4 is 26.5 Å². The van der Waals surface area contributed by atoms with Gasteiger partial charge in [0.1, 0.15) is 12.4 Å². The number of rotatable bonds is 6. The maximum atomic E-state index is 12.5. The van der Waals surface area contributed by atoms with Gasteiger partial charge in [-0.15, -0.1) is 0 Å². The van der Waals surface area contributed by atoms with Crippen molar-refractivity contribution in [1.29, 1.82) is 0 Å². The molecule has 3 aromatic carbocycles. The van der Waals surface area contributed by atoms with Gasteiger partial charge in [0, 0.05) is 13.1 Å². The second kappa shape index (κ2) is 8.58. The summed E-state index contributed by atoms with van der Waals surface area (Å²) >= 11 is 0. The highest BCUT2D eigenvalue weighted by Crippen LogP contribution is 2.33. The van der Waals surface area contributed by atoms with Crippen LogP contribution >= 0.6 is 0 Å². The zero-order valence-corrected chi connectivity index (χ0v) is 16.6. The smallest absolute Gasteiger partial charge is 0.340 e. The van der Waals surface area contributed by atoms with E-state index in [1.165, 1.54) is 13.1 Å². The molecule has 1 aromatic heterocycles. The molecule has 0 aliphatic carbocycles. The fraction of sp³-hybridized carbons (Fsp3) is 0.0870. The quantitative estimate of drug-likeness (QED) is 0.520. The van der Waals surface area contributed by atoms with E-state index in [4.69, 9.17) is 9.47 Å². The highest BCUT2D eigenvalue weighted by molar-refractivity contribution is 5.50. The monoisotopic (exact) mass is 417 g/mol. The van der Waals surface area contributed by atoms with Gasteiger partial charge in [0.15, 0.2) is 11.5 Å². The van der Waals surface area contributed by atoms with E-state index in [-0.39, 0.29) is 12.3 Å². The molecule has 0 saturated heterocycles. The van der Waals surface area contributed by atoms with Crippen molar-refractivity contribution < 1.29 is 9.47 Å². The Labute approximate surface area is 176 Å². The van der Waals surface area contributed by atoms with Gasteiger partial charge in [-0.1, -0.05) is 48.5 Å². The number of hydrogen-bond donors (Lipinski definition) is 1. The summed E-state index contributed by atoms with van der Waals surface area (Å²) in [6, 6.07) is 23.4. The molecule has 1 N–H and O–H groups in total. The van der Waals surface area contributed by atoms with E-state index in [0.29, 0.717) is 17.2 Å². The molecule has 0 atom stereocenters. The lowest BCUT2D eigenvalue weighted by Gasteiger charge is -2.15. The topological polar surface area (TPSA) is 95.3 Å². The van der Waals surface area contributed by atoms with Gasteiger partial charge in [0.05, 0.1) is 5.69 Å². The van der Waals surface area contributed by atoms with Gasteiger partial charge in [0.2, 0.25) is 0 Å². The van der Waals surface area contributed by atoms with Gasteiger partial charge >= 0.3 is 17.1 Å². The van der Waals surface area contributed by atoms with Gasteiger partial charge in [-0.25, -0.2) is 23.5 Å². The van der Waals surface area contributed by atoms with Crippen LogP contribution in [0.4, 0.5) is 0 Å². The molecule has 1 heterocycles. The van der Waals surface area contributed by atoms with E-state index in [1.54, 1.807) is 24.3 Å². The molecule has 8 nitrogen and oxygen atoms in total. The number of benzene rings is 3. The molecule has 0 radical (unpaired) electrons. The first kappa shape index (κ1) is 20.0. The number of aromatic nitrogens is 3. The molecule has 4 aromatic rings. The van der Waals surface area contributed by atoms with Crippen molar-refractivity contribution in [3.05, 3.63) is 116 Å². The normalized spacial score (nSPS) is 10.6. The van der Waals surface area contributed by atoms with Gasteiger partial charge < -0.3 is 9.47 Å². The lowest BCUT2D eigenvalue weighted by atomic mass is 10.2. The summed E-state index contributed by atoms with van der Waals surface area (Å²) in [6.07, 6.45) is 0. The van der Waals surface area contributed by atoms with E-state index in [2.05, 4.69) is 4.98 Å². The first-order valence-corrected chi connectivity index (χ1v) is 9.49. The Morgan fingerprint density at radius 1 is 0.806 bits per heavy atom. The van der Waals surface area contributed by atoms with Crippen molar-refractivity contribution in [2.75, 3.05) is 0 Å². The fourth-order valence-corrected chi connectivity index (χ4v) is 2.97. The molecule has 0 amide bonds. The van der Waals surface area contributed by atoms with Crippen LogP contribution in [0.5, 0.6) is 17.2 Å². The summed E-state index contributed by atoms with van der Waals surface area (Å²) in [5.74, 6) is 1.36. The number of nitrogens with one attached hydrogen (secondary N) is 1. The lowest BCUT2D eigenvalue weighted by Crippen LogP contribution is -2.47. The molecule has 0 fully saturated rings. The molecule has 4 rings (SSSR count). The van der Waals surface area contributed by atoms with Gasteiger partial charge in [-0.3, -0.25) is 4.98 Å². The molecule has 31 heavy (non-hydrogen) atoms. The van der Waals surface area contributed by atoms with Crippen molar-refractivity contribution >= 4 is 0 Å². The van der Waals surface area contributed by atoms with E-state index in [0.717, 1.165) is 14.7 Å². The Kier molecular flexibility index (Phi) is 5.53. The number of para-hydroxylation sites is 1. The predicted molar refractivity (Wildman–Crippen MR) is 115 cm³/mol. The molecule has 8 heteroatoms. The SMILES string of the molecule is Cn1c(=O)[nH]c(=O)n(-c2ccc(Oc3ccccc3)c(OCc3ccccc3)c2)c1=O. The molecule has 0 spiro atoms. The highest BCUT2D eigenvalue weighted by atomic mass is 16.5. The maximum Gasteiger partial charge on any atom is 0.340 e. The number of nitrogens with zero attached hydrogens (tertiary/aromatic N) is 2. The summed E-state index contributed by atoms with van der Waals surface area (Å²) < 4.78 is 13.6. The minimum Gasteiger partial charge on any atom is -0.485 e. The zero-order valence-electron chi connectivity index (χ0n) is 16.6. The minimum absolute atomic E-state index is 0.241. The Morgan fingerprint density at radius 2 is 1.48 bits per heavy atom. The largest absolute Gasteiger partial charge is 0.485 e. The Hall–Kier alpha value is -4.33. The molecule has 0 saturated carbocycles. The number of aromatic amines is 1. The Morgan fingerprint density at radius 3 is 2.19 bits per heavy atom. The molecular weight excluding hydrogens is 398 g/mol. The number of ether oxygens (including phenoxy) is 2. The molecular formula is C23H19N3O5. The van der Waals surface area contributed by atoms with Crippen LogP contribution in [0.15, 0.2) is 93.2 Å². The Bertz CT molecular complexity index is 1370. The number of H-pyrrole nitrogens is 1. The lowest BCUT2D eigenvalue weighted by molar-refractivity contribution is 0.291.